The fourth-order valence-electron chi connectivity index (χ4n) is 3.97. The van der Waals surface area contributed by atoms with Gasteiger partial charge in [-0.15, -0.1) is 11.3 Å². The van der Waals surface area contributed by atoms with Crippen LogP contribution >= 0.6 is 11.3 Å². The number of benzene rings is 2. The molecular weight excluding hydrogens is 352 g/mol. The SMILES string of the molecule is C1=C(c2ccc3c(c2)CN(Cc2nccs2)CCO3)CCc2ccccc21. The number of aromatic nitrogens is 1. The van der Waals surface area contributed by atoms with Gasteiger partial charge in [-0.1, -0.05) is 36.4 Å². The van der Waals surface area contributed by atoms with E-state index >= 15 is 0 Å². The van der Waals surface area contributed by atoms with Crippen molar-refractivity contribution in [1.29, 1.82) is 0 Å². The second kappa shape index (κ2) is 7.29. The first-order valence-electron chi connectivity index (χ1n) is 9.50. The molecule has 136 valence electrons. The summed E-state index contributed by atoms with van der Waals surface area (Å²) in [5.74, 6) is 1.03. The summed E-state index contributed by atoms with van der Waals surface area (Å²) in [5, 5.41) is 3.21. The topological polar surface area (TPSA) is 25.4 Å². The fourth-order valence-corrected chi connectivity index (χ4v) is 4.62. The summed E-state index contributed by atoms with van der Waals surface area (Å²) in [6.45, 7) is 3.46. The number of hydrogen-bond donors (Lipinski definition) is 0. The zero-order valence-corrected chi connectivity index (χ0v) is 16.0. The molecular formula is C23H22N2OS. The highest BCUT2D eigenvalue weighted by atomic mass is 32.1. The van der Waals surface area contributed by atoms with Gasteiger partial charge in [0.05, 0.1) is 6.54 Å². The zero-order chi connectivity index (χ0) is 18.1. The molecule has 3 nitrogen and oxygen atoms in total. The minimum absolute atomic E-state index is 0.730. The predicted molar refractivity (Wildman–Crippen MR) is 111 cm³/mol. The van der Waals surface area contributed by atoms with Crippen molar-refractivity contribution in [3.8, 4) is 5.75 Å². The van der Waals surface area contributed by atoms with Crippen LogP contribution in [0.4, 0.5) is 0 Å². The van der Waals surface area contributed by atoms with Gasteiger partial charge < -0.3 is 4.74 Å². The monoisotopic (exact) mass is 374 g/mol. The van der Waals surface area contributed by atoms with Crippen LogP contribution in [0.25, 0.3) is 11.6 Å². The van der Waals surface area contributed by atoms with Crippen LogP contribution in [0.15, 0.2) is 54.0 Å². The summed E-state index contributed by atoms with van der Waals surface area (Å²) >= 11 is 1.72. The third-order valence-electron chi connectivity index (χ3n) is 5.38. The van der Waals surface area contributed by atoms with Crippen LogP contribution in [-0.4, -0.2) is 23.0 Å². The molecule has 27 heavy (non-hydrogen) atoms. The molecule has 0 amide bonds. The number of aryl methyl sites for hydroxylation is 1. The Morgan fingerprint density at radius 1 is 1.07 bits per heavy atom. The number of nitrogens with zero attached hydrogens (tertiary/aromatic N) is 2. The number of rotatable bonds is 3. The third kappa shape index (κ3) is 3.55. The number of thiazole rings is 1. The molecule has 2 heterocycles. The predicted octanol–water partition coefficient (Wildman–Crippen LogP) is 5.02. The molecule has 0 bridgehead atoms. The first kappa shape index (κ1) is 16.7. The molecule has 0 atom stereocenters. The summed E-state index contributed by atoms with van der Waals surface area (Å²) in [6, 6.07) is 15.4. The number of ether oxygens (including phenoxy) is 1. The highest BCUT2D eigenvalue weighted by molar-refractivity contribution is 7.09. The van der Waals surface area contributed by atoms with Crippen LogP contribution in [0, 0.1) is 0 Å². The van der Waals surface area contributed by atoms with Crippen molar-refractivity contribution in [2.24, 2.45) is 0 Å². The standard InChI is InChI=1S/C23H22N2OS/c1-2-4-18-13-19(6-5-17(18)3-1)20-7-8-22-21(14-20)15-25(10-11-26-22)16-23-24-9-12-27-23/h1-4,7-9,12-14H,5-6,10-11,15-16H2. The Kier molecular flexibility index (Phi) is 4.52. The Morgan fingerprint density at radius 2 is 2.04 bits per heavy atom. The Labute approximate surface area is 163 Å². The van der Waals surface area contributed by atoms with Crippen molar-refractivity contribution in [3.05, 3.63) is 81.3 Å². The van der Waals surface area contributed by atoms with Gasteiger partial charge in [-0.3, -0.25) is 4.90 Å². The summed E-state index contributed by atoms with van der Waals surface area (Å²) in [4.78, 5) is 6.87. The van der Waals surface area contributed by atoms with Crippen molar-refractivity contribution in [3.63, 3.8) is 0 Å². The highest BCUT2D eigenvalue weighted by Gasteiger charge is 2.18. The quantitative estimate of drug-likeness (QED) is 0.643. The summed E-state index contributed by atoms with van der Waals surface area (Å²) in [5.41, 5.74) is 6.83. The smallest absolute Gasteiger partial charge is 0.123 e. The molecule has 0 unspecified atom stereocenters. The molecule has 2 aromatic carbocycles. The van der Waals surface area contributed by atoms with E-state index in [1.54, 1.807) is 11.3 Å². The van der Waals surface area contributed by atoms with Crippen molar-refractivity contribution in [1.82, 2.24) is 9.88 Å². The molecule has 3 aromatic rings. The average molecular weight is 375 g/mol. The van der Waals surface area contributed by atoms with Crippen molar-refractivity contribution >= 4 is 23.0 Å². The molecule has 0 spiro atoms. The second-order valence-electron chi connectivity index (χ2n) is 7.18. The Balaban J connectivity index is 1.42. The van der Waals surface area contributed by atoms with E-state index in [1.807, 2.05) is 11.6 Å². The Morgan fingerprint density at radius 3 is 2.96 bits per heavy atom. The Bertz CT molecular complexity index is 978. The lowest BCUT2D eigenvalue weighted by atomic mass is 9.88. The van der Waals surface area contributed by atoms with Gasteiger partial charge in [-0.2, -0.15) is 0 Å². The molecule has 0 N–H and O–H groups in total. The molecule has 5 rings (SSSR count). The van der Waals surface area contributed by atoms with Gasteiger partial charge in [-0.05, 0) is 47.2 Å². The number of fused-ring (bicyclic) bond motifs is 2. The number of allylic oxidation sites excluding steroid dienone is 1. The second-order valence-corrected chi connectivity index (χ2v) is 8.15. The van der Waals surface area contributed by atoms with Gasteiger partial charge in [0.1, 0.15) is 17.4 Å². The maximum atomic E-state index is 6.02. The largest absolute Gasteiger partial charge is 0.492 e. The molecule has 0 saturated heterocycles. The lowest BCUT2D eigenvalue weighted by molar-refractivity contribution is 0.219. The van der Waals surface area contributed by atoms with Crippen LogP contribution in [0.5, 0.6) is 5.75 Å². The van der Waals surface area contributed by atoms with E-state index in [0.29, 0.717) is 0 Å². The van der Waals surface area contributed by atoms with Crippen LogP contribution < -0.4 is 4.74 Å². The van der Waals surface area contributed by atoms with E-state index in [1.165, 1.54) is 32.8 Å². The summed E-state index contributed by atoms with van der Waals surface area (Å²) in [6.07, 6.45) is 6.45. The van der Waals surface area contributed by atoms with Crippen LogP contribution in [-0.2, 0) is 19.5 Å². The molecule has 0 saturated carbocycles. The molecule has 4 heteroatoms. The molecule has 1 aliphatic heterocycles. The zero-order valence-electron chi connectivity index (χ0n) is 15.2. The van der Waals surface area contributed by atoms with E-state index in [0.717, 1.165) is 44.8 Å². The van der Waals surface area contributed by atoms with E-state index in [4.69, 9.17) is 4.74 Å². The average Bonchev–Trinajstić information content (AvgIpc) is 3.13. The Hall–Kier alpha value is -2.43. The van der Waals surface area contributed by atoms with E-state index < -0.39 is 0 Å². The van der Waals surface area contributed by atoms with Crippen LogP contribution in [0.1, 0.15) is 33.7 Å². The number of hydrogen-bond acceptors (Lipinski definition) is 4. The maximum Gasteiger partial charge on any atom is 0.123 e. The molecule has 0 fully saturated rings. The molecule has 0 radical (unpaired) electrons. The van der Waals surface area contributed by atoms with Crippen molar-refractivity contribution < 1.29 is 4.74 Å². The van der Waals surface area contributed by atoms with Crippen molar-refractivity contribution in [2.75, 3.05) is 13.2 Å². The molecule has 2 aliphatic rings. The maximum absolute atomic E-state index is 6.02. The molecule has 1 aliphatic carbocycles. The summed E-state index contributed by atoms with van der Waals surface area (Å²) < 4.78 is 6.02. The van der Waals surface area contributed by atoms with E-state index in [9.17, 15) is 0 Å². The summed E-state index contributed by atoms with van der Waals surface area (Å²) in [7, 11) is 0. The first-order chi connectivity index (χ1) is 13.3. The van der Waals surface area contributed by atoms with Gasteiger partial charge in [0.15, 0.2) is 0 Å². The van der Waals surface area contributed by atoms with E-state index in [-0.39, 0.29) is 0 Å². The van der Waals surface area contributed by atoms with Gasteiger partial charge in [0.2, 0.25) is 0 Å². The minimum atomic E-state index is 0.730. The lowest BCUT2D eigenvalue weighted by Gasteiger charge is -2.19. The van der Waals surface area contributed by atoms with Gasteiger partial charge in [0, 0.05) is 30.2 Å². The van der Waals surface area contributed by atoms with Gasteiger partial charge in [-0.25, -0.2) is 4.98 Å². The van der Waals surface area contributed by atoms with Gasteiger partial charge >= 0.3 is 0 Å². The minimum Gasteiger partial charge on any atom is -0.492 e. The highest BCUT2D eigenvalue weighted by Crippen LogP contribution is 2.33. The van der Waals surface area contributed by atoms with Crippen LogP contribution in [0.2, 0.25) is 0 Å². The van der Waals surface area contributed by atoms with Crippen LogP contribution in [0.3, 0.4) is 0 Å². The third-order valence-corrected chi connectivity index (χ3v) is 6.15. The normalized spacial score (nSPS) is 16.7. The van der Waals surface area contributed by atoms with Gasteiger partial charge in [0.25, 0.3) is 0 Å². The van der Waals surface area contributed by atoms with E-state index in [2.05, 4.69) is 58.4 Å². The lowest BCUT2D eigenvalue weighted by Crippen LogP contribution is -2.25. The van der Waals surface area contributed by atoms with Crippen molar-refractivity contribution in [2.45, 2.75) is 25.9 Å². The fraction of sp³-hybridized carbons (Fsp3) is 0.261. The first-order valence-corrected chi connectivity index (χ1v) is 10.4. The molecule has 1 aromatic heterocycles.